The summed E-state index contributed by atoms with van der Waals surface area (Å²) in [7, 11) is 1.79. The van der Waals surface area contributed by atoms with E-state index in [-0.39, 0.29) is 24.0 Å². The van der Waals surface area contributed by atoms with Gasteiger partial charge in [-0.1, -0.05) is 19.3 Å². The number of nitrogens with one attached hydrogen (secondary N) is 2. The van der Waals surface area contributed by atoms with E-state index in [4.69, 9.17) is 9.73 Å². The number of halogens is 1. The third kappa shape index (κ3) is 8.79. The van der Waals surface area contributed by atoms with Gasteiger partial charge in [-0.2, -0.15) is 0 Å². The Bertz CT molecular complexity index is 470. The Morgan fingerprint density at radius 1 is 0.967 bits per heavy atom. The van der Waals surface area contributed by atoms with Gasteiger partial charge in [0.25, 0.3) is 0 Å². The molecule has 176 valence electrons. The first kappa shape index (κ1) is 26.1. The van der Waals surface area contributed by atoms with Gasteiger partial charge in [0.1, 0.15) is 0 Å². The molecule has 0 radical (unpaired) electrons. The fraction of sp³-hybridized carbons (Fsp3) is 0.957. The average molecular weight is 536 g/mol. The van der Waals surface area contributed by atoms with Crippen molar-refractivity contribution in [3.05, 3.63) is 0 Å². The van der Waals surface area contributed by atoms with Crippen molar-refractivity contribution in [1.82, 2.24) is 20.4 Å². The van der Waals surface area contributed by atoms with Crippen LogP contribution < -0.4 is 10.6 Å². The predicted octanol–water partition coefficient (Wildman–Crippen LogP) is 3.32. The molecule has 0 aromatic rings. The van der Waals surface area contributed by atoms with E-state index >= 15 is 0 Å². The molecule has 3 fully saturated rings. The van der Waals surface area contributed by atoms with E-state index < -0.39 is 0 Å². The summed E-state index contributed by atoms with van der Waals surface area (Å²) in [5.74, 6) is 1.75. The van der Waals surface area contributed by atoms with Crippen molar-refractivity contribution in [2.24, 2.45) is 10.9 Å². The molecule has 3 aliphatic rings. The van der Waals surface area contributed by atoms with Crippen LogP contribution in [0.1, 0.15) is 64.7 Å². The molecule has 30 heavy (non-hydrogen) atoms. The van der Waals surface area contributed by atoms with E-state index in [1.165, 1.54) is 84.0 Å². The number of rotatable bonds is 8. The Labute approximate surface area is 202 Å². The molecule has 2 N–H and O–H groups in total. The summed E-state index contributed by atoms with van der Waals surface area (Å²) in [5.41, 5.74) is 0. The lowest BCUT2D eigenvalue weighted by molar-refractivity contribution is 0.119. The maximum Gasteiger partial charge on any atom is 0.191 e. The van der Waals surface area contributed by atoms with Gasteiger partial charge in [-0.05, 0) is 64.5 Å². The first-order valence-electron chi connectivity index (χ1n) is 12.3. The molecule has 0 bridgehead atoms. The first-order valence-corrected chi connectivity index (χ1v) is 12.3. The van der Waals surface area contributed by atoms with Crippen LogP contribution in [0.2, 0.25) is 0 Å². The van der Waals surface area contributed by atoms with E-state index in [1.54, 1.807) is 7.11 Å². The second kappa shape index (κ2) is 14.9. The van der Waals surface area contributed by atoms with Crippen molar-refractivity contribution >= 4 is 29.9 Å². The molecule has 7 heteroatoms. The monoisotopic (exact) mass is 535 g/mol. The van der Waals surface area contributed by atoms with Crippen molar-refractivity contribution in [2.45, 2.75) is 76.8 Å². The maximum atomic E-state index is 5.21. The van der Waals surface area contributed by atoms with Gasteiger partial charge in [0, 0.05) is 51.9 Å². The molecular weight excluding hydrogens is 489 g/mol. The highest BCUT2D eigenvalue weighted by Crippen LogP contribution is 2.25. The fourth-order valence-electron chi connectivity index (χ4n) is 5.20. The fourth-order valence-corrected chi connectivity index (χ4v) is 5.20. The van der Waals surface area contributed by atoms with Crippen molar-refractivity contribution < 1.29 is 4.74 Å². The number of methoxy groups -OCH3 is 1. The molecule has 1 aliphatic carbocycles. The standard InChI is InChI=1S/C23H45N5O.HI/c1-3-24-23(25-19-20-9-13-27(14-10-20)17-18-29-2)26-21-11-15-28(16-12-21)22-7-5-4-6-8-22;/h20-22H,3-19H2,1-2H3,(H2,24,25,26);1H. The van der Waals surface area contributed by atoms with Crippen molar-refractivity contribution in [3.8, 4) is 0 Å². The minimum absolute atomic E-state index is 0. The number of piperidine rings is 2. The van der Waals surface area contributed by atoms with Gasteiger partial charge in [0.05, 0.1) is 6.61 Å². The van der Waals surface area contributed by atoms with Gasteiger partial charge in [0.15, 0.2) is 5.96 Å². The highest BCUT2D eigenvalue weighted by molar-refractivity contribution is 14.0. The summed E-state index contributed by atoms with van der Waals surface area (Å²) in [6.45, 7) is 10.8. The lowest BCUT2D eigenvalue weighted by Crippen LogP contribution is -2.51. The lowest BCUT2D eigenvalue weighted by atomic mass is 9.92. The van der Waals surface area contributed by atoms with Gasteiger partial charge < -0.3 is 25.2 Å². The Morgan fingerprint density at radius 3 is 2.30 bits per heavy atom. The summed E-state index contributed by atoms with van der Waals surface area (Å²) in [4.78, 5) is 10.2. The molecule has 2 saturated heterocycles. The Balaban J connectivity index is 0.00000320. The SMILES string of the molecule is CCNC(=NCC1CCN(CCOC)CC1)NC1CCN(C2CCCCC2)CC1.I. The van der Waals surface area contributed by atoms with Crippen LogP contribution in [0.15, 0.2) is 4.99 Å². The molecule has 0 amide bonds. The van der Waals surface area contributed by atoms with E-state index in [0.29, 0.717) is 6.04 Å². The molecule has 3 rings (SSSR count). The van der Waals surface area contributed by atoms with Crippen LogP contribution in [0.5, 0.6) is 0 Å². The first-order chi connectivity index (χ1) is 14.3. The zero-order valence-electron chi connectivity index (χ0n) is 19.4. The van der Waals surface area contributed by atoms with Crippen molar-refractivity contribution in [2.75, 3.05) is 59.5 Å². The normalized spacial score (nSPS) is 23.9. The Hall–Kier alpha value is -0.120. The third-order valence-corrected chi connectivity index (χ3v) is 7.13. The minimum atomic E-state index is 0. The number of aliphatic imine (C=N–C) groups is 1. The van der Waals surface area contributed by atoms with E-state index in [1.807, 2.05) is 0 Å². The van der Waals surface area contributed by atoms with Crippen LogP contribution in [-0.2, 0) is 4.74 Å². The van der Waals surface area contributed by atoms with Gasteiger partial charge in [-0.3, -0.25) is 4.99 Å². The number of guanidine groups is 1. The lowest BCUT2D eigenvalue weighted by Gasteiger charge is -2.39. The summed E-state index contributed by atoms with van der Waals surface area (Å²) < 4.78 is 5.21. The predicted molar refractivity (Wildman–Crippen MR) is 137 cm³/mol. The molecule has 0 spiro atoms. The summed E-state index contributed by atoms with van der Waals surface area (Å²) in [6, 6.07) is 1.44. The van der Waals surface area contributed by atoms with Crippen LogP contribution in [0, 0.1) is 5.92 Å². The van der Waals surface area contributed by atoms with Gasteiger partial charge in [0.2, 0.25) is 0 Å². The van der Waals surface area contributed by atoms with Crippen LogP contribution in [0.4, 0.5) is 0 Å². The van der Waals surface area contributed by atoms with E-state index in [0.717, 1.165) is 44.2 Å². The second-order valence-electron chi connectivity index (χ2n) is 9.24. The van der Waals surface area contributed by atoms with Crippen molar-refractivity contribution in [3.63, 3.8) is 0 Å². The summed E-state index contributed by atoms with van der Waals surface area (Å²) in [5, 5.41) is 7.22. The molecule has 2 aliphatic heterocycles. The van der Waals surface area contributed by atoms with Crippen LogP contribution in [0.3, 0.4) is 0 Å². The van der Waals surface area contributed by atoms with Gasteiger partial charge in [-0.15, -0.1) is 24.0 Å². The molecule has 0 aromatic carbocycles. The molecular formula is C23H46IN5O. The Kier molecular flexibility index (Phi) is 12.9. The van der Waals surface area contributed by atoms with E-state index in [9.17, 15) is 0 Å². The molecule has 2 heterocycles. The number of likely N-dealkylation sites (tertiary alicyclic amines) is 2. The number of nitrogens with zero attached hydrogens (tertiary/aromatic N) is 3. The Morgan fingerprint density at radius 2 is 1.67 bits per heavy atom. The van der Waals surface area contributed by atoms with Crippen LogP contribution in [-0.4, -0.2) is 87.4 Å². The highest BCUT2D eigenvalue weighted by Gasteiger charge is 2.26. The summed E-state index contributed by atoms with van der Waals surface area (Å²) in [6.07, 6.45) is 12.2. The van der Waals surface area contributed by atoms with Crippen LogP contribution in [0.25, 0.3) is 0 Å². The molecule has 6 nitrogen and oxygen atoms in total. The van der Waals surface area contributed by atoms with E-state index in [2.05, 4.69) is 27.4 Å². The smallest absolute Gasteiger partial charge is 0.191 e. The quantitative estimate of drug-likeness (QED) is 0.284. The topological polar surface area (TPSA) is 52.1 Å². The zero-order chi connectivity index (χ0) is 20.3. The average Bonchev–Trinajstić information content (AvgIpc) is 2.78. The summed E-state index contributed by atoms with van der Waals surface area (Å²) >= 11 is 0. The molecule has 0 atom stereocenters. The van der Waals surface area contributed by atoms with Crippen LogP contribution >= 0.6 is 24.0 Å². The maximum absolute atomic E-state index is 5.21. The van der Waals surface area contributed by atoms with Gasteiger partial charge in [-0.25, -0.2) is 0 Å². The zero-order valence-corrected chi connectivity index (χ0v) is 21.7. The number of ether oxygens (including phenoxy) is 1. The van der Waals surface area contributed by atoms with Crippen molar-refractivity contribution in [1.29, 1.82) is 0 Å². The number of hydrogen-bond acceptors (Lipinski definition) is 4. The van der Waals surface area contributed by atoms with Gasteiger partial charge >= 0.3 is 0 Å². The molecule has 0 unspecified atom stereocenters. The largest absolute Gasteiger partial charge is 0.383 e. The molecule has 1 saturated carbocycles. The number of hydrogen-bond donors (Lipinski definition) is 2. The highest BCUT2D eigenvalue weighted by atomic mass is 127. The second-order valence-corrected chi connectivity index (χ2v) is 9.24. The third-order valence-electron chi connectivity index (χ3n) is 7.13. The minimum Gasteiger partial charge on any atom is -0.383 e. The molecule has 0 aromatic heterocycles.